The summed E-state index contributed by atoms with van der Waals surface area (Å²) >= 11 is 7.70. The maximum Gasteiger partial charge on any atom is 0.263 e. The van der Waals surface area contributed by atoms with Gasteiger partial charge in [-0.15, -0.1) is 11.3 Å². The number of rotatable bonds is 4. The highest BCUT2D eigenvalue weighted by Crippen LogP contribution is 2.40. The Morgan fingerprint density at radius 3 is 2.80 bits per heavy atom. The van der Waals surface area contributed by atoms with E-state index in [0.29, 0.717) is 15.8 Å². The zero-order chi connectivity index (χ0) is 14.3. The number of amides is 1. The number of halogens is 1. The van der Waals surface area contributed by atoms with Crippen LogP contribution < -0.4 is 5.32 Å². The number of hydrogen-bond acceptors (Lipinski definition) is 3. The van der Waals surface area contributed by atoms with Crippen LogP contribution in [0, 0.1) is 5.92 Å². The Morgan fingerprint density at radius 1 is 1.50 bits per heavy atom. The fourth-order valence-corrected chi connectivity index (χ4v) is 3.88. The summed E-state index contributed by atoms with van der Waals surface area (Å²) in [5.74, 6) is 0.171. The molecule has 1 heterocycles. The minimum Gasteiger partial charge on any atom is -0.394 e. The van der Waals surface area contributed by atoms with Crippen LogP contribution in [-0.4, -0.2) is 23.2 Å². The summed E-state index contributed by atoms with van der Waals surface area (Å²) in [5.41, 5.74) is -0.545. The molecular weight excluding hydrogens is 294 g/mol. The monoisotopic (exact) mass is 309 g/mol. The highest BCUT2D eigenvalue weighted by Gasteiger charge is 2.42. The van der Waals surface area contributed by atoms with Crippen LogP contribution in [0.15, 0.2) is 24.3 Å². The Balaban J connectivity index is 1.90. The Labute approximate surface area is 126 Å². The second-order valence-corrected chi connectivity index (χ2v) is 6.98. The summed E-state index contributed by atoms with van der Waals surface area (Å²) in [7, 11) is 0. The van der Waals surface area contributed by atoms with Gasteiger partial charge in [0.25, 0.3) is 5.91 Å². The molecule has 0 radical (unpaired) electrons. The largest absolute Gasteiger partial charge is 0.394 e. The molecule has 1 saturated carbocycles. The van der Waals surface area contributed by atoms with E-state index in [1.165, 1.54) is 11.3 Å². The summed E-state index contributed by atoms with van der Waals surface area (Å²) in [6, 6.07) is 7.70. The summed E-state index contributed by atoms with van der Waals surface area (Å²) in [5, 5.41) is 13.9. The second kappa shape index (κ2) is 5.02. The van der Waals surface area contributed by atoms with Gasteiger partial charge in [0.05, 0.1) is 17.2 Å². The van der Waals surface area contributed by atoms with Gasteiger partial charge < -0.3 is 10.4 Å². The molecule has 0 spiro atoms. The molecule has 2 aromatic rings. The number of nitrogens with one attached hydrogen (secondary N) is 1. The molecule has 20 heavy (non-hydrogen) atoms. The lowest BCUT2D eigenvalue weighted by atomic mass is 9.97. The maximum atomic E-state index is 12.4. The van der Waals surface area contributed by atoms with E-state index in [4.69, 9.17) is 11.6 Å². The lowest BCUT2D eigenvalue weighted by molar-refractivity contribution is 0.0829. The van der Waals surface area contributed by atoms with Gasteiger partial charge in [0.1, 0.15) is 4.88 Å². The molecular formula is C15H16ClNO2S. The molecule has 1 atom stereocenters. The Kier molecular flexibility index (Phi) is 3.48. The lowest BCUT2D eigenvalue weighted by Gasteiger charge is -2.28. The predicted octanol–water partition coefficient (Wildman–Crippen LogP) is 3.45. The number of benzene rings is 1. The first-order valence-electron chi connectivity index (χ1n) is 6.65. The van der Waals surface area contributed by atoms with Crippen LogP contribution in [0.5, 0.6) is 0 Å². The number of aliphatic hydroxyl groups excluding tert-OH is 1. The van der Waals surface area contributed by atoms with Crippen molar-refractivity contribution in [2.75, 3.05) is 6.61 Å². The van der Waals surface area contributed by atoms with Crippen LogP contribution in [-0.2, 0) is 0 Å². The third kappa shape index (κ3) is 2.32. The predicted molar refractivity (Wildman–Crippen MR) is 82.5 cm³/mol. The molecule has 1 unspecified atom stereocenters. The van der Waals surface area contributed by atoms with E-state index < -0.39 is 5.54 Å². The first kappa shape index (κ1) is 13.9. The number of carbonyl (C=O) groups is 1. The number of thiophene rings is 1. The van der Waals surface area contributed by atoms with Crippen molar-refractivity contribution in [2.45, 2.75) is 25.3 Å². The maximum absolute atomic E-state index is 12.4. The van der Waals surface area contributed by atoms with Gasteiger partial charge in [-0.2, -0.15) is 0 Å². The van der Waals surface area contributed by atoms with E-state index in [0.717, 1.165) is 22.9 Å². The van der Waals surface area contributed by atoms with Gasteiger partial charge in [0.2, 0.25) is 0 Å². The molecule has 5 heteroatoms. The van der Waals surface area contributed by atoms with Crippen molar-refractivity contribution < 1.29 is 9.90 Å². The van der Waals surface area contributed by atoms with Crippen molar-refractivity contribution in [1.29, 1.82) is 0 Å². The van der Waals surface area contributed by atoms with E-state index in [-0.39, 0.29) is 12.5 Å². The van der Waals surface area contributed by atoms with Crippen molar-refractivity contribution in [3.63, 3.8) is 0 Å². The number of carbonyl (C=O) groups excluding carboxylic acids is 1. The normalized spacial score (nSPS) is 17.9. The zero-order valence-corrected chi connectivity index (χ0v) is 12.7. The van der Waals surface area contributed by atoms with Gasteiger partial charge in [-0.3, -0.25) is 4.79 Å². The van der Waals surface area contributed by atoms with Crippen LogP contribution in [0.3, 0.4) is 0 Å². The molecule has 0 bridgehead atoms. The molecule has 2 N–H and O–H groups in total. The van der Waals surface area contributed by atoms with Gasteiger partial charge in [0, 0.05) is 10.1 Å². The van der Waals surface area contributed by atoms with Gasteiger partial charge in [-0.05, 0) is 31.7 Å². The Hall–Kier alpha value is -1.10. The molecule has 0 saturated heterocycles. The van der Waals surface area contributed by atoms with Crippen molar-refractivity contribution in [1.82, 2.24) is 5.32 Å². The van der Waals surface area contributed by atoms with Crippen LogP contribution >= 0.6 is 22.9 Å². The Morgan fingerprint density at radius 2 is 2.20 bits per heavy atom. The second-order valence-electron chi connectivity index (χ2n) is 5.55. The fraction of sp³-hybridized carbons (Fsp3) is 0.400. The average molecular weight is 310 g/mol. The minimum atomic E-state index is -0.545. The van der Waals surface area contributed by atoms with E-state index >= 15 is 0 Å². The van der Waals surface area contributed by atoms with E-state index in [1.54, 1.807) is 0 Å². The Bertz CT molecular complexity index is 665. The molecule has 1 fully saturated rings. The standard InChI is InChI=1S/C15H16ClNO2S/c1-15(8-18,9-6-7-9)17-14(19)13-12(16)10-4-2-3-5-11(10)20-13/h2-5,9,18H,6-8H2,1H3,(H,17,19). The van der Waals surface area contributed by atoms with E-state index in [9.17, 15) is 9.90 Å². The smallest absolute Gasteiger partial charge is 0.263 e. The van der Waals surface area contributed by atoms with Gasteiger partial charge in [-0.25, -0.2) is 0 Å². The van der Waals surface area contributed by atoms with E-state index in [2.05, 4.69) is 5.32 Å². The van der Waals surface area contributed by atoms with Crippen molar-refractivity contribution in [2.24, 2.45) is 5.92 Å². The van der Waals surface area contributed by atoms with Crippen molar-refractivity contribution >= 4 is 38.9 Å². The summed E-state index contributed by atoms with van der Waals surface area (Å²) in [6.45, 7) is 1.84. The van der Waals surface area contributed by atoms with Crippen molar-refractivity contribution in [3.8, 4) is 0 Å². The number of hydrogen-bond donors (Lipinski definition) is 2. The van der Waals surface area contributed by atoms with Crippen LogP contribution in [0.2, 0.25) is 5.02 Å². The molecule has 3 rings (SSSR count). The molecule has 1 aromatic carbocycles. The quantitative estimate of drug-likeness (QED) is 0.909. The highest BCUT2D eigenvalue weighted by atomic mass is 35.5. The molecule has 1 aromatic heterocycles. The minimum absolute atomic E-state index is 0.0497. The van der Waals surface area contributed by atoms with Crippen molar-refractivity contribution in [3.05, 3.63) is 34.2 Å². The topological polar surface area (TPSA) is 49.3 Å². The molecule has 3 nitrogen and oxygen atoms in total. The highest BCUT2D eigenvalue weighted by molar-refractivity contribution is 7.21. The third-order valence-corrected chi connectivity index (χ3v) is 5.62. The summed E-state index contributed by atoms with van der Waals surface area (Å²) in [6.07, 6.45) is 2.11. The van der Waals surface area contributed by atoms with Gasteiger partial charge in [0.15, 0.2) is 0 Å². The first-order valence-corrected chi connectivity index (χ1v) is 7.85. The van der Waals surface area contributed by atoms with Crippen LogP contribution in [0.25, 0.3) is 10.1 Å². The SMILES string of the molecule is CC(CO)(NC(=O)c1sc2ccccc2c1Cl)C1CC1. The third-order valence-electron chi connectivity index (χ3n) is 3.95. The molecule has 0 aliphatic heterocycles. The number of fused-ring (bicyclic) bond motifs is 1. The van der Waals surface area contributed by atoms with Crippen LogP contribution in [0.4, 0.5) is 0 Å². The van der Waals surface area contributed by atoms with Gasteiger partial charge in [-0.1, -0.05) is 29.8 Å². The van der Waals surface area contributed by atoms with Gasteiger partial charge >= 0.3 is 0 Å². The molecule has 106 valence electrons. The first-order chi connectivity index (χ1) is 9.55. The van der Waals surface area contributed by atoms with Crippen LogP contribution in [0.1, 0.15) is 29.4 Å². The average Bonchev–Trinajstić information content (AvgIpc) is 3.25. The molecule has 1 amide bonds. The number of aliphatic hydroxyl groups is 1. The summed E-state index contributed by atoms with van der Waals surface area (Å²) in [4.78, 5) is 13.0. The van der Waals surface area contributed by atoms with E-state index in [1.807, 2.05) is 31.2 Å². The molecule has 1 aliphatic carbocycles. The fourth-order valence-electron chi connectivity index (χ4n) is 2.47. The zero-order valence-electron chi connectivity index (χ0n) is 11.1. The summed E-state index contributed by atoms with van der Waals surface area (Å²) < 4.78 is 1.000. The molecule has 1 aliphatic rings. The lowest BCUT2D eigenvalue weighted by Crippen LogP contribution is -2.50.